The van der Waals surface area contributed by atoms with Gasteiger partial charge in [0.2, 0.25) is 0 Å². The zero-order valence-electron chi connectivity index (χ0n) is 8.13. The van der Waals surface area contributed by atoms with Crippen molar-refractivity contribution in [3.05, 3.63) is 34.9 Å². The number of hydrogen-bond acceptors (Lipinski definition) is 1. The van der Waals surface area contributed by atoms with Gasteiger partial charge in [-0.3, -0.25) is 0 Å². The molecule has 0 spiro atoms. The topological polar surface area (TPSA) is 12.0 Å². The van der Waals surface area contributed by atoms with E-state index in [1.807, 2.05) is 7.05 Å². The third-order valence-electron chi connectivity index (χ3n) is 2.73. The van der Waals surface area contributed by atoms with Crippen LogP contribution in [0.25, 0.3) is 0 Å². The van der Waals surface area contributed by atoms with Gasteiger partial charge in [-0.1, -0.05) is 23.8 Å². The molecule has 0 heterocycles. The molecule has 1 aromatic rings. The Bertz CT molecular complexity index is 296. The van der Waals surface area contributed by atoms with Gasteiger partial charge in [0.05, 0.1) is 0 Å². The van der Waals surface area contributed by atoms with Gasteiger partial charge in [0.25, 0.3) is 0 Å². The van der Waals surface area contributed by atoms with Gasteiger partial charge in [-0.2, -0.15) is 0 Å². The van der Waals surface area contributed by atoms with Crippen molar-refractivity contribution in [1.29, 1.82) is 0 Å². The van der Waals surface area contributed by atoms with E-state index in [2.05, 4.69) is 30.4 Å². The van der Waals surface area contributed by atoms with Gasteiger partial charge in [-0.25, -0.2) is 0 Å². The van der Waals surface area contributed by atoms with E-state index in [9.17, 15) is 0 Å². The molecule has 1 aliphatic rings. The van der Waals surface area contributed by atoms with Crippen LogP contribution in [0.15, 0.2) is 18.2 Å². The molecule has 0 fully saturated rings. The first-order chi connectivity index (χ1) is 5.81. The minimum absolute atomic E-state index is 0. The Balaban J connectivity index is 0.000000845. The highest BCUT2D eigenvalue weighted by atomic mass is 35.5. The largest absolute Gasteiger partial charge is 0.313 e. The predicted molar refractivity (Wildman–Crippen MR) is 58.5 cm³/mol. The number of hydrogen-bond donors (Lipinski definition) is 1. The standard InChI is InChI=1S/C11H15N.ClH/c1-8-3-4-9-5-6-11(12-2)10(9)7-8;/h3-4,7,11-12H,5-6H2,1-2H3;1H. The lowest BCUT2D eigenvalue weighted by molar-refractivity contribution is 0.590. The number of benzene rings is 1. The highest BCUT2D eigenvalue weighted by Crippen LogP contribution is 2.31. The maximum atomic E-state index is 3.35. The van der Waals surface area contributed by atoms with Crippen LogP contribution in [0.2, 0.25) is 0 Å². The summed E-state index contributed by atoms with van der Waals surface area (Å²) < 4.78 is 0. The fourth-order valence-electron chi connectivity index (χ4n) is 2.02. The Labute approximate surface area is 86.0 Å². The zero-order valence-corrected chi connectivity index (χ0v) is 8.95. The second-order valence-electron chi connectivity index (χ2n) is 3.58. The van der Waals surface area contributed by atoms with Crippen LogP contribution in [0.5, 0.6) is 0 Å². The molecule has 1 nitrogen and oxygen atoms in total. The first-order valence-corrected chi connectivity index (χ1v) is 4.58. The van der Waals surface area contributed by atoms with Crippen LogP contribution < -0.4 is 5.32 Å². The minimum atomic E-state index is 0. The molecule has 1 atom stereocenters. The molecule has 0 aliphatic heterocycles. The molecule has 1 aliphatic carbocycles. The van der Waals surface area contributed by atoms with Crippen molar-refractivity contribution in [2.24, 2.45) is 0 Å². The molecule has 1 aromatic carbocycles. The van der Waals surface area contributed by atoms with Crippen molar-refractivity contribution in [3.63, 3.8) is 0 Å². The van der Waals surface area contributed by atoms with Crippen molar-refractivity contribution >= 4 is 12.4 Å². The second-order valence-corrected chi connectivity index (χ2v) is 3.58. The molecule has 0 amide bonds. The van der Waals surface area contributed by atoms with Crippen LogP contribution in [-0.4, -0.2) is 7.05 Å². The molecule has 2 heteroatoms. The molecule has 2 rings (SSSR count). The number of halogens is 1. The lowest BCUT2D eigenvalue weighted by Crippen LogP contribution is -2.12. The van der Waals surface area contributed by atoms with E-state index in [0.29, 0.717) is 6.04 Å². The Morgan fingerprint density at radius 3 is 2.85 bits per heavy atom. The monoisotopic (exact) mass is 197 g/mol. The van der Waals surface area contributed by atoms with Gasteiger partial charge < -0.3 is 5.32 Å². The summed E-state index contributed by atoms with van der Waals surface area (Å²) in [5.41, 5.74) is 4.41. The zero-order chi connectivity index (χ0) is 8.55. The van der Waals surface area contributed by atoms with Crippen LogP contribution in [0.3, 0.4) is 0 Å². The highest BCUT2D eigenvalue weighted by molar-refractivity contribution is 5.85. The Morgan fingerprint density at radius 1 is 1.38 bits per heavy atom. The normalized spacial score (nSPS) is 19.4. The molecule has 13 heavy (non-hydrogen) atoms. The lowest BCUT2D eigenvalue weighted by atomic mass is 10.1. The van der Waals surface area contributed by atoms with E-state index < -0.39 is 0 Å². The van der Waals surface area contributed by atoms with Crippen LogP contribution in [0, 0.1) is 6.92 Å². The van der Waals surface area contributed by atoms with Gasteiger partial charge >= 0.3 is 0 Å². The van der Waals surface area contributed by atoms with Crippen molar-refractivity contribution in [2.75, 3.05) is 7.05 Å². The molecule has 1 unspecified atom stereocenters. The van der Waals surface area contributed by atoms with E-state index in [1.54, 1.807) is 0 Å². The van der Waals surface area contributed by atoms with Crippen molar-refractivity contribution < 1.29 is 0 Å². The lowest BCUT2D eigenvalue weighted by Gasteiger charge is -2.09. The van der Waals surface area contributed by atoms with E-state index in [-0.39, 0.29) is 12.4 Å². The summed E-state index contributed by atoms with van der Waals surface area (Å²) >= 11 is 0. The predicted octanol–water partition coefficient (Wildman–Crippen LogP) is 2.62. The molecule has 1 N–H and O–H groups in total. The van der Waals surface area contributed by atoms with Crippen LogP contribution >= 0.6 is 12.4 Å². The van der Waals surface area contributed by atoms with Gasteiger partial charge in [0, 0.05) is 6.04 Å². The molecule has 0 saturated heterocycles. The first kappa shape index (κ1) is 10.6. The van der Waals surface area contributed by atoms with E-state index in [1.165, 1.54) is 29.5 Å². The van der Waals surface area contributed by atoms with Gasteiger partial charge in [-0.15, -0.1) is 12.4 Å². The van der Waals surface area contributed by atoms with Crippen molar-refractivity contribution in [3.8, 4) is 0 Å². The molecule has 0 bridgehead atoms. The van der Waals surface area contributed by atoms with Crippen LogP contribution in [-0.2, 0) is 6.42 Å². The van der Waals surface area contributed by atoms with Crippen LogP contribution in [0.4, 0.5) is 0 Å². The molecule has 0 aromatic heterocycles. The fourth-order valence-corrected chi connectivity index (χ4v) is 2.02. The third-order valence-corrected chi connectivity index (χ3v) is 2.73. The first-order valence-electron chi connectivity index (χ1n) is 4.58. The van der Waals surface area contributed by atoms with Gasteiger partial charge in [0.15, 0.2) is 0 Å². The maximum absolute atomic E-state index is 3.35. The average Bonchev–Trinajstić information content (AvgIpc) is 2.46. The molecule has 0 saturated carbocycles. The summed E-state index contributed by atoms with van der Waals surface area (Å²) in [4.78, 5) is 0. The minimum Gasteiger partial charge on any atom is -0.313 e. The quantitative estimate of drug-likeness (QED) is 0.730. The summed E-state index contributed by atoms with van der Waals surface area (Å²) in [6.45, 7) is 2.16. The van der Waals surface area contributed by atoms with E-state index in [0.717, 1.165) is 0 Å². The summed E-state index contributed by atoms with van der Waals surface area (Å²) in [6.07, 6.45) is 2.50. The van der Waals surface area contributed by atoms with Gasteiger partial charge in [-0.05, 0) is 37.9 Å². The smallest absolute Gasteiger partial charge is 0.0323 e. The summed E-state index contributed by atoms with van der Waals surface area (Å²) in [5.74, 6) is 0. The average molecular weight is 198 g/mol. The molecule has 72 valence electrons. The second kappa shape index (κ2) is 4.12. The Hall–Kier alpha value is -0.530. The van der Waals surface area contributed by atoms with Crippen molar-refractivity contribution in [2.45, 2.75) is 25.8 Å². The number of rotatable bonds is 1. The Kier molecular flexibility index (Phi) is 3.34. The van der Waals surface area contributed by atoms with Crippen LogP contribution in [0.1, 0.15) is 29.2 Å². The number of aryl methyl sites for hydroxylation is 2. The molecule has 0 radical (unpaired) electrons. The Morgan fingerprint density at radius 2 is 2.15 bits per heavy atom. The van der Waals surface area contributed by atoms with Gasteiger partial charge in [0.1, 0.15) is 0 Å². The molecular weight excluding hydrogens is 182 g/mol. The van der Waals surface area contributed by atoms with E-state index >= 15 is 0 Å². The summed E-state index contributed by atoms with van der Waals surface area (Å²) in [5, 5.41) is 3.35. The fraction of sp³-hybridized carbons (Fsp3) is 0.455. The number of nitrogens with one attached hydrogen (secondary N) is 1. The summed E-state index contributed by atoms with van der Waals surface area (Å²) in [6, 6.07) is 7.38. The highest BCUT2D eigenvalue weighted by Gasteiger charge is 2.19. The SMILES string of the molecule is CNC1CCc2ccc(C)cc21.Cl. The number of fused-ring (bicyclic) bond motifs is 1. The molecular formula is C11H16ClN. The summed E-state index contributed by atoms with van der Waals surface area (Å²) in [7, 11) is 2.04. The maximum Gasteiger partial charge on any atom is 0.0323 e. The van der Waals surface area contributed by atoms with E-state index in [4.69, 9.17) is 0 Å². The van der Waals surface area contributed by atoms with Crippen molar-refractivity contribution in [1.82, 2.24) is 5.32 Å². The third kappa shape index (κ3) is 1.87.